The molecule has 0 radical (unpaired) electrons. The Morgan fingerprint density at radius 3 is 2.01 bits per heavy atom. The molecule has 0 saturated heterocycles. The lowest BCUT2D eigenvalue weighted by Crippen LogP contribution is -2.34. The minimum absolute atomic E-state index is 0.363. The van der Waals surface area contributed by atoms with Crippen LogP contribution in [0.3, 0.4) is 0 Å². The second-order valence-corrected chi connectivity index (χ2v) is 20.2. The Morgan fingerprint density at radius 2 is 1.16 bits per heavy atom. The minimum Gasteiger partial charge on any atom is -0.312 e. The molecule has 68 heavy (non-hydrogen) atoms. The third-order valence-corrected chi connectivity index (χ3v) is 16.7. The van der Waals surface area contributed by atoms with Crippen molar-refractivity contribution in [1.82, 2.24) is 0 Å². The topological polar surface area (TPSA) is 6.48 Å². The normalized spacial score (nSPS) is 21.5. The Kier molecular flexibility index (Phi) is 9.42. The molecule has 0 aromatic heterocycles. The number of allylic oxidation sites excluding steroid dienone is 5. The van der Waals surface area contributed by atoms with Crippen molar-refractivity contribution in [3.8, 4) is 44.5 Å². The number of hydrogen-bond donors (Lipinski definition) is 0. The molecule has 8 aromatic carbocycles. The van der Waals surface area contributed by atoms with Gasteiger partial charge in [0.15, 0.2) is 0 Å². The standard InChI is InChI=1S/C66H54N2/c1-2-17-43(18-3-1)51-23-4-6-25-53(51)55-27-8-9-28-56(55)57-29-10-12-33-63(57)67(48-21-15-22-49(41-48)68-64-34-13-11-30-58(64)59-31-16-32-60-65(59)66(60)68)50-38-37-46-39-45-20-14-19-44-35-36-47(40-61(44)45)52-24-5-7-26-54(52)62(46)42-50/h1-13,15-18,21-34,37-38,41-42,44-45,47,61,65H,14,19-20,35-36,39-40H2/t44?,45?,47?,61?,65-/m0/s1. The van der Waals surface area contributed by atoms with Crippen LogP contribution in [0.15, 0.2) is 224 Å². The van der Waals surface area contributed by atoms with Gasteiger partial charge in [0.05, 0.1) is 17.3 Å². The Balaban J connectivity index is 0.978. The van der Waals surface area contributed by atoms with Crippen LogP contribution in [0.25, 0.3) is 50.1 Å². The van der Waals surface area contributed by atoms with Gasteiger partial charge in [0.2, 0.25) is 0 Å². The van der Waals surface area contributed by atoms with Gasteiger partial charge in [-0.1, -0.05) is 183 Å². The predicted octanol–water partition coefficient (Wildman–Crippen LogP) is 17.7. The molecule has 2 saturated carbocycles. The van der Waals surface area contributed by atoms with Crippen LogP contribution in [0.2, 0.25) is 0 Å². The zero-order valence-electron chi connectivity index (χ0n) is 38.4. The van der Waals surface area contributed by atoms with Crippen LogP contribution in [0.4, 0.5) is 28.4 Å². The Hall–Kier alpha value is -7.42. The molecule has 0 N–H and O–H groups in total. The molecule has 5 aliphatic carbocycles. The van der Waals surface area contributed by atoms with Gasteiger partial charge < -0.3 is 9.80 Å². The first kappa shape index (κ1) is 39.7. The summed E-state index contributed by atoms with van der Waals surface area (Å²) in [6.45, 7) is 0. The van der Waals surface area contributed by atoms with Gasteiger partial charge in [-0.15, -0.1) is 0 Å². The zero-order chi connectivity index (χ0) is 44.7. The van der Waals surface area contributed by atoms with E-state index in [1.54, 1.807) is 5.56 Å². The van der Waals surface area contributed by atoms with Gasteiger partial charge in [0.25, 0.3) is 0 Å². The molecule has 4 unspecified atom stereocenters. The molecule has 6 aliphatic rings. The van der Waals surface area contributed by atoms with E-state index in [2.05, 4.69) is 222 Å². The summed E-state index contributed by atoms with van der Waals surface area (Å²) in [6.07, 6.45) is 16.2. The van der Waals surface area contributed by atoms with Crippen molar-refractivity contribution in [1.29, 1.82) is 0 Å². The predicted molar refractivity (Wildman–Crippen MR) is 284 cm³/mol. The maximum atomic E-state index is 2.57. The van der Waals surface area contributed by atoms with Gasteiger partial charge in [-0.3, -0.25) is 0 Å². The van der Waals surface area contributed by atoms with Crippen LogP contribution in [0, 0.1) is 23.7 Å². The smallest absolute Gasteiger partial charge is 0.0540 e. The SMILES string of the molecule is C1=CC2=C3[C@H]2C(=C1)c1ccccc1N3c1cccc(N(c2ccc3c(c2)-c2ccccc2C2CCC4CCCC(C3)C4C2)c2ccccc2-c2ccccc2-c2ccccc2-c2ccccc2)c1. The van der Waals surface area contributed by atoms with Crippen LogP contribution >= 0.6 is 0 Å². The molecule has 1 heterocycles. The van der Waals surface area contributed by atoms with Gasteiger partial charge in [-0.25, -0.2) is 0 Å². The fourth-order valence-electron chi connectivity index (χ4n) is 13.6. The van der Waals surface area contributed by atoms with Crippen molar-refractivity contribution in [2.75, 3.05) is 9.80 Å². The fourth-order valence-corrected chi connectivity index (χ4v) is 13.6. The zero-order valence-corrected chi connectivity index (χ0v) is 38.4. The van der Waals surface area contributed by atoms with Crippen molar-refractivity contribution in [3.63, 3.8) is 0 Å². The van der Waals surface area contributed by atoms with E-state index < -0.39 is 0 Å². The molecule has 5 atom stereocenters. The molecule has 2 nitrogen and oxygen atoms in total. The molecule has 1 aliphatic heterocycles. The van der Waals surface area contributed by atoms with E-state index in [1.807, 2.05) is 0 Å². The summed E-state index contributed by atoms with van der Waals surface area (Å²) in [5, 5.41) is 0. The van der Waals surface area contributed by atoms with E-state index in [1.165, 1.54) is 128 Å². The number of anilines is 5. The molecule has 14 rings (SSSR count). The highest BCUT2D eigenvalue weighted by Gasteiger charge is 2.48. The molecule has 2 bridgehead atoms. The summed E-state index contributed by atoms with van der Waals surface area (Å²) in [7, 11) is 0. The average Bonchev–Trinajstić information content (AvgIpc) is 4.13. The van der Waals surface area contributed by atoms with Gasteiger partial charge >= 0.3 is 0 Å². The number of rotatable bonds is 7. The summed E-state index contributed by atoms with van der Waals surface area (Å²) in [5.41, 5.74) is 24.7. The Bertz CT molecular complexity index is 3390. The van der Waals surface area contributed by atoms with Gasteiger partial charge in [0.1, 0.15) is 0 Å². The minimum atomic E-state index is 0.363. The number of para-hydroxylation sites is 2. The van der Waals surface area contributed by atoms with Crippen molar-refractivity contribution in [3.05, 3.63) is 240 Å². The second-order valence-electron chi connectivity index (χ2n) is 20.2. The van der Waals surface area contributed by atoms with E-state index in [9.17, 15) is 0 Å². The van der Waals surface area contributed by atoms with Crippen molar-refractivity contribution in [2.45, 2.75) is 50.9 Å². The van der Waals surface area contributed by atoms with E-state index in [0.29, 0.717) is 11.8 Å². The highest BCUT2D eigenvalue weighted by Crippen LogP contribution is 2.61. The van der Waals surface area contributed by atoms with Gasteiger partial charge in [-0.2, -0.15) is 0 Å². The summed E-state index contributed by atoms with van der Waals surface area (Å²) < 4.78 is 0. The third-order valence-electron chi connectivity index (χ3n) is 16.7. The molecule has 0 spiro atoms. The first-order valence-electron chi connectivity index (χ1n) is 25.2. The monoisotopic (exact) mass is 874 g/mol. The lowest BCUT2D eigenvalue weighted by atomic mass is 9.61. The van der Waals surface area contributed by atoms with Gasteiger partial charge in [-0.05, 0) is 159 Å². The average molecular weight is 875 g/mol. The first-order valence-corrected chi connectivity index (χ1v) is 25.2. The van der Waals surface area contributed by atoms with E-state index >= 15 is 0 Å². The number of hydrogen-bond acceptors (Lipinski definition) is 2. The van der Waals surface area contributed by atoms with Crippen LogP contribution in [-0.4, -0.2) is 0 Å². The van der Waals surface area contributed by atoms with Crippen molar-refractivity contribution >= 4 is 34.0 Å². The second kappa shape index (κ2) is 16.1. The lowest BCUT2D eigenvalue weighted by molar-refractivity contribution is 0.0930. The van der Waals surface area contributed by atoms with Crippen molar-refractivity contribution < 1.29 is 0 Å². The summed E-state index contributed by atoms with van der Waals surface area (Å²) >= 11 is 0. The van der Waals surface area contributed by atoms with E-state index in [-0.39, 0.29) is 0 Å². The molecule has 328 valence electrons. The molecular formula is C66H54N2. The quantitative estimate of drug-likeness (QED) is 0.157. The van der Waals surface area contributed by atoms with Crippen LogP contribution in [-0.2, 0) is 6.42 Å². The first-order chi connectivity index (χ1) is 33.7. The lowest BCUT2D eigenvalue weighted by Gasteiger charge is -2.44. The highest BCUT2D eigenvalue weighted by atomic mass is 15.2. The summed E-state index contributed by atoms with van der Waals surface area (Å²) in [5.74, 6) is 3.44. The molecule has 8 aromatic rings. The number of fused-ring (bicyclic) bond motifs is 7. The molecule has 0 amide bonds. The Labute approximate surface area is 401 Å². The van der Waals surface area contributed by atoms with Crippen LogP contribution < -0.4 is 9.80 Å². The van der Waals surface area contributed by atoms with E-state index in [0.717, 1.165) is 35.5 Å². The summed E-state index contributed by atoms with van der Waals surface area (Å²) in [4.78, 5) is 5.11. The van der Waals surface area contributed by atoms with Crippen LogP contribution in [0.1, 0.15) is 61.1 Å². The van der Waals surface area contributed by atoms with Gasteiger partial charge in [0, 0.05) is 33.9 Å². The highest BCUT2D eigenvalue weighted by molar-refractivity contribution is 6.00. The molecule has 2 fully saturated rings. The molecule has 2 heteroatoms. The largest absolute Gasteiger partial charge is 0.312 e. The fraction of sp³-hybridized carbons (Fsp3) is 0.182. The van der Waals surface area contributed by atoms with E-state index in [4.69, 9.17) is 0 Å². The maximum Gasteiger partial charge on any atom is 0.0540 e. The van der Waals surface area contributed by atoms with Crippen molar-refractivity contribution in [2.24, 2.45) is 23.7 Å². The number of benzene rings is 8. The van der Waals surface area contributed by atoms with Crippen LogP contribution in [0.5, 0.6) is 0 Å². The Morgan fingerprint density at radius 1 is 0.485 bits per heavy atom. The molecular weight excluding hydrogens is 821 g/mol. The summed E-state index contributed by atoms with van der Waals surface area (Å²) in [6, 6.07) is 73.3. The number of nitrogens with zero attached hydrogens (tertiary/aromatic N) is 2. The third kappa shape index (κ3) is 6.45. The maximum absolute atomic E-state index is 2.57.